The van der Waals surface area contributed by atoms with Crippen molar-refractivity contribution < 1.29 is 14.6 Å². The Bertz CT molecular complexity index is 510. The molecule has 0 unspecified atom stereocenters. The molecule has 1 aromatic rings. The molecule has 1 heterocycles. The Labute approximate surface area is 100 Å². The van der Waals surface area contributed by atoms with E-state index >= 15 is 0 Å². The number of carboxylic acid groups (broad SMARTS) is 1. The summed E-state index contributed by atoms with van der Waals surface area (Å²) in [6.07, 6.45) is 6.64. The van der Waals surface area contributed by atoms with E-state index in [0.29, 0.717) is 0 Å². The number of carboxylic acids is 1. The van der Waals surface area contributed by atoms with E-state index in [0.717, 1.165) is 23.0 Å². The molecule has 0 bridgehead atoms. The molecule has 0 saturated carbocycles. The van der Waals surface area contributed by atoms with Gasteiger partial charge in [0.05, 0.1) is 0 Å². The van der Waals surface area contributed by atoms with Crippen molar-refractivity contribution in [3.05, 3.63) is 41.5 Å². The topological polar surface area (TPSA) is 46.5 Å². The SMILES string of the molecule is CC1(C)C=Cc2c(/C=C/C(=O)O)cccc2O1. The predicted molar refractivity (Wildman–Crippen MR) is 66.9 cm³/mol. The number of aliphatic carboxylic acids is 1. The summed E-state index contributed by atoms with van der Waals surface area (Å²) in [6.45, 7) is 3.96. The second kappa shape index (κ2) is 4.09. The molecule has 3 heteroatoms. The third kappa shape index (κ3) is 2.56. The molecule has 1 aromatic carbocycles. The zero-order valence-electron chi connectivity index (χ0n) is 9.81. The summed E-state index contributed by atoms with van der Waals surface area (Å²) < 4.78 is 5.80. The first-order valence-electron chi connectivity index (χ1n) is 5.40. The fourth-order valence-corrected chi connectivity index (χ4v) is 1.74. The van der Waals surface area contributed by atoms with E-state index in [1.165, 1.54) is 0 Å². The smallest absolute Gasteiger partial charge is 0.328 e. The number of hydrogen-bond acceptors (Lipinski definition) is 2. The van der Waals surface area contributed by atoms with Crippen molar-refractivity contribution >= 4 is 18.1 Å². The fourth-order valence-electron chi connectivity index (χ4n) is 1.74. The Morgan fingerprint density at radius 3 is 2.88 bits per heavy atom. The van der Waals surface area contributed by atoms with Gasteiger partial charge in [-0.3, -0.25) is 0 Å². The summed E-state index contributed by atoms with van der Waals surface area (Å²) in [4.78, 5) is 10.5. The van der Waals surface area contributed by atoms with Crippen LogP contribution in [0, 0.1) is 0 Å². The Morgan fingerprint density at radius 2 is 2.18 bits per heavy atom. The van der Waals surface area contributed by atoms with Gasteiger partial charge in [0, 0.05) is 11.6 Å². The molecule has 17 heavy (non-hydrogen) atoms. The quantitative estimate of drug-likeness (QED) is 0.794. The summed E-state index contributed by atoms with van der Waals surface area (Å²) in [5, 5.41) is 8.63. The van der Waals surface area contributed by atoms with Crippen LogP contribution in [-0.2, 0) is 4.79 Å². The standard InChI is InChI=1S/C14H14O3/c1-14(2)9-8-11-10(6-7-13(15)16)4-3-5-12(11)17-14/h3-9H,1-2H3,(H,15,16)/b7-6+. The molecule has 2 rings (SSSR count). The second-order valence-electron chi connectivity index (χ2n) is 4.47. The molecule has 1 N–H and O–H groups in total. The molecule has 0 radical (unpaired) electrons. The van der Waals surface area contributed by atoms with Crippen LogP contribution >= 0.6 is 0 Å². The van der Waals surface area contributed by atoms with Crippen LogP contribution in [-0.4, -0.2) is 16.7 Å². The monoisotopic (exact) mass is 230 g/mol. The molecule has 1 aliphatic heterocycles. The van der Waals surface area contributed by atoms with Crippen LogP contribution in [0.4, 0.5) is 0 Å². The maximum atomic E-state index is 10.5. The molecule has 0 amide bonds. The lowest BCUT2D eigenvalue weighted by molar-refractivity contribution is -0.131. The maximum absolute atomic E-state index is 10.5. The van der Waals surface area contributed by atoms with Crippen LogP contribution in [0.5, 0.6) is 5.75 Å². The van der Waals surface area contributed by atoms with Crippen LogP contribution < -0.4 is 4.74 Å². The lowest BCUT2D eigenvalue weighted by atomic mass is 9.98. The van der Waals surface area contributed by atoms with Crippen molar-refractivity contribution in [2.24, 2.45) is 0 Å². The second-order valence-corrected chi connectivity index (χ2v) is 4.47. The summed E-state index contributed by atoms with van der Waals surface area (Å²) in [6, 6.07) is 5.61. The molecule has 1 aliphatic rings. The molecule has 3 nitrogen and oxygen atoms in total. The molecular formula is C14H14O3. The van der Waals surface area contributed by atoms with Crippen LogP contribution in [0.2, 0.25) is 0 Å². The van der Waals surface area contributed by atoms with E-state index in [4.69, 9.17) is 9.84 Å². The van der Waals surface area contributed by atoms with Gasteiger partial charge in [0.25, 0.3) is 0 Å². The maximum Gasteiger partial charge on any atom is 0.328 e. The average Bonchev–Trinajstić information content (AvgIpc) is 2.24. The van der Waals surface area contributed by atoms with Gasteiger partial charge in [-0.1, -0.05) is 18.2 Å². The Balaban J connectivity index is 2.42. The third-order valence-electron chi connectivity index (χ3n) is 2.53. The summed E-state index contributed by atoms with van der Waals surface area (Å²) in [5.74, 6) is -0.173. The number of ether oxygens (including phenoxy) is 1. The minimum atomic E-state index is -0.955. The van der Waals surface area contributed by atoms with Crippen LogP contribution in [0.25, 0.3) is 12.2 Å². The van der Waals surface area contributed by atoms with Crippen LogP contribution in [0.3, 0.4) is 0 Å². The third-order valence-corrected chi connectivity index (χ3v) is 2.53. The molecule has 88 valence electrons. The minimum Gasteiger partial charge on any atom is -0.483 e. The average molecular weight is 230 g/mol. The van der Waals surface area contributed by atoms with Crippen molar-refractivity contribution in [3.8, 4) is 5.75 Å². The zero-order valence-corrected chi connectivity index (χ0v) is 9.81. The number of carbonyl (C=O) groups is 1. The molecule has 0 spiro atoms. The highest BCUT2D eigenvalue weighted by atomic mass is 16.5. The first kappa shape index (κ1) is 11.5. The van der Waals surface area contributed by atoms with E-state index in [9.17, 15) is 4.79 Å². The fraction of sp³-hybridized carbons (Fsp3) is 0.214. The van der Waals surface area contributed by atoms with Crippen molar-refractivity contribution in [1.82, 2.24) is 0 Å². The van der Waals surface area contributed by atoms with Crippen LogP contribution in [0.1, 0.15) is 25.0 Å². The van der Waals surface area contributed by atoms with Gasteiger partial charge < -0.3 is 9.84 Å². The van der Waals surface area contributed by atoms with Crippen molar-refractivity contribution in [1.29, 1.82) is 0 Å². The van der Waals surface area contributed by atoms with E-state index in [-0.39, 0.29) is 5.60 Å². The highest BCUT2D eigenvalue weighted by molar-refractivity contribution is 5.87. The lowest BCUT2D eigenvalue weighted by Crippen LogP contribution is -2.27. The van der Waals surface area contributed by atoms with Crippen molar-refractivity contribution in [2.75, 3.05) is 0 Å². The van der Waals surface area contributed by atoms with E-state index in [1.807, 2.05) is 44.2 Å². The summed E-state index contributed by atoms with van der Waals surface area (Å²) >= 11 is 0. The first-order valence-corrected chi connectivity index (χ1v) is 5.40. The minimum absolute atomic E-state index is 0.317. The predicted octanol–water partition coefficient (Wildman–Crippen LogP) is 2.97. The van der Waals surface area contributed by atoms with E-state index < -0.39 is 5.97 Å². The van der Waals surface area contributed by atoms with Crippen molar-refractivity contribution in [3.63, 3.8) is 0 Å². The Hall–Kier alpha value is -2.03. The van der Waals surface area contributed by atoms with E-state index in [2.05, 4.69) is 0 Å². The summed E-state index contributed by atoms with van der Waals surface area (Å²) in [7, 11) is 0. The number of benzene rings is 1. The summed E-state index contributed by atoms with van der Waals surface area (Å²) in [5.41, 5.74) is 1.45. The molecule has 0 saturated heterocycles. The van der Waals surface area contributed by atoms with Gasteiger partial charge in [0.15, 0.2) is 0 Å². The normalized spacial score (nSPS) is 16.6. The Kier molecular flexibility index (Phi) is 2.76. The Morgan fingerprint density at radius 1 is 1.41 bits per heavy atom. The van der Waals surface area contributed by atoms with Gasteiger partial charge in [-0.25, -0.2) is 4.79 Å². The number of rotatable bonds is 2. The van der Waals surface area contributed by atoms with Gasteiger partial charge in [-0.05, 0) is 37.6 Å². The van der Waals surface area contributed by atoms with E-state index in [1.54, 1.807) is 6.08 Å². The number of fused-ring (bicyclic) bond motifs is 1. The van der Waals surface area contributed by atoms with Crippen LogP contribution in [0.15, 0.2) is 30.4 Å². The van der Waals surface area contributed by atoms with Gasteiger partial charge in [-0.2, -0.15) is 0 Å². The molecule has 0 fully saturated rings. The van der Waals surface area contributed by atoms with Gasteiger partial charge >= 0.3 is 5.97 Å². The van der Waals surface area contributed by atoms with Gasteiger partial charge in [-0.15, -0.1) is 0 Å². The number of hydrogen-bond donors (Lipinski definition) is 1. The molecular weight excluding hydrogens is 216 g/mol. The van der Waals surface area contributed by atoms with Gasteiger partial charge in [0.1, 0.15) is 11.4 Å². The lowest BCUT2D eigenvalue weighted by Gasteiger charge is -2.28. The first-order chi connectivity index (χ1) is 7.98. The largest absolute Gasteiger partial charge is 0.483 e. The van der Waals surface area contributed by atoms with Gasteiger partial charge in [0.2, 0.25) is 0 Å². The molecule has 0 aromatic heterocycles. The van der Waals surface area contributed by atoms with Crippen molar-refractivity contribution in [2.45, 2.75) is 19.4 Å². The highest BCUT2D eigenvalue weighted by Crippen LogP contribution is 2.33. The molecule has 0 atom stereocenters. The highest BCUT2D eigenvalue weighted by Gasteiger charge is 2.22. The molecule has 0 aliphatic carbocycles. The zero-order chi connectivity index (χ0) is 12.5.